The van der Waals surface area contributed by atoms with E-state index in [4.69, 9.17) is 0 Å². The molecule has 2 N–H and O–H groups in total. The molecule has 1 aliphatic rings. The third kappa shape index (κ3) is 2.24. The van der Waals surface area contributed by atoms with E-state index >= 15 is 0 Å². The van der Waals surface area contributed by atoms with Gasteiger partial charge >= 0.3 is 0 Å². The molecule has 5 heteroatoms. The Balaban J connectivity index is 2.03. The SMILES string of the molecule is Cc1ccc(C(=O)C2CC(=O)Nc3n[nH]c(C)c32)cc1C. The van der Waals surface area contributed by atoms with Crippen LogP contribution in [0.4, 0.5) is 5.82 Å². The van der Waals surface area contributed by atoms with Crippen LogP contribution >= 0.6 is 0 Å². The van der Waals surface area contributed by atoms with Crippen LogP contribution < -0.4 is 5.32 Å². The average Bonchev–Trinajstić information content (AvgIpc) is 2.81. The zero-order valence-electron chi connectivity index (χ0n) is 12.3. The van der Waals surface area contributed by atoms with Gasteiger partial charge in [-0.3, -0.25) is 14.7 Å². The van der Waals surface area contributed by atoms with Crippen LogP contribution in [-0.2, 0) is 4.79 Å². The highest BCUT2D eigenvalue weighted by Gasteiger charge is 2.34. The van der Waals surface area contributed by atoms with Crippen LogP contribution in [0.2, 0.25) is 0 Å². The van der Waals surface area contributed by atoms with Crippen molar-refractivity contribution in [3.63, 3.8) is 0 Å². The number of ketones is 1. The summed E-state index contributed by atoms with van der Waals surface area (Å²) in [6.07, 6.45) is 0.166. The minimum atomic E-state index is -0.463. The van der Waals surface area contributed by atoms with Crippen LogP contribution in [0.5, 0.6) is 0 Å². The number of Topliss-reactive ketones (excluding diaryl/α,β-unsaturated/α-hetero) is 1. The Labute approximate surface area is 122 Å². The summed E-state index contributed by atoms with van der Waals surface area (Å²) in [5.74, 6) is -0.185. The molecule has 5 nitrogen and oxygen atoms in total. The van der Waals surface area contributed by atoms with Crippen LogP contribution in [0.3, 0.4) is 0 Å². The lowest BCUT2D eigenvalue weighted by Crippen LogP contribution is -2.27. The number of H-pyrrole nitrogens is 1. The number of carbonyl (C=O) groups is 2. The van der Waals surface area contributed by atoms with E-state index in [1.165, 1.54) is 0 Å². The largest absolute Gasteiger partial charge is 0.309 e. The van der Waals surface area contributed by atoms with Gasteiger partial charge in [0.1, 0.15) is 0 Å². The van der Waals surface area contributed by atoms with E-state index in [0.29, 0.717) is 11.4 Å². The van der Waals surface area contributed by atoms with Gasteiger partial charge < -0.3 is 5.32 Å². The number of anilines is 1. The summed E-state index contributed by atoms with van der Waals surface area (Å²) in [7, 11) is 0. The van der Waals surface area contributed by atoms with Gasteiger partial charge in [0.05, 0.1) is 5.92 Å². The van der Waals surface area contributed by atoms with Gasteiger partial charge in [-0.15, -0.1) is 0 Å². The number of hydrogen-bond acceptors (Lipinski definition) is 3. The molecule has 1 aromatic carbocycles. The molecule has 0 radical (unpaired) electrons. The lowest BCUT2D eigenvalue weighted by molar-refractivity contribution is -0.116. The number of rotatable bonds is 2. The number of aryl methyl sites for hydroxylation is 3. The molecule has 2 heterocycles. The summed E-state index contributed by atoms with van der Waals surface area (Å²) in [4.78, 5) is 24.6. The van der Waals surface area contributed by atoms with Crippen LogP contribution in [0.15, 0.2) is 18.2 Å². The van der Waals surface area contributed by atoms with Crippen molar-refractivity contribution in [2.24, 2.45) is 0 Å². The normalized spacial score (nSPS) is 17.3. The van der Waals surface area contributed by atoms with E-state index in [1.54, 1.807) is 0 Å². The molecule has 3 rings (SSSR count). The van der Waals surface area contributed by atoms with Crippen LogP contribution in [-0.4, -0.2) is 21.9 Å². The van der Waals surface area contributed by atoms with Gasteiger partial charge in [0.2, 0.25) is 5.91 Å². The summed E-state index contributed by atoms with van der Waals surface area (Å²) in [6, 6.07) is 5.65. The molecule has 21 heavy (non-hydrogen) atoms. The van der Waals surface area contributed by atoms with Gasteiger partial charge in [0, 0.05) is 23.2 Å². The second-order valence-corrected chi connectivity index (χ2v) is 5.58. The quantitative estimate of drug-likeness (QED) is 0.832. The first-order valence-electron chi connectivity index (χ1n) is 6.93. The number of hydrogen-bond donors (Lipinski definition) is 2. The fourth-order valence-corrected chi connectivity index (χ4v) is 2.75. The second-order valence-electron chi connectivity index (χ2n) is 5.58. The Kier molecular flexibility index (Phi) is 3.12. The molecule has 0 spiro atoms. The van der Waals surface area contributed by atoms with Crippen molar-refractivity contribution in [1.82, 2.24) is 10.2 Å². The van der Waals surface area contributed by atoms with Crippen molar-refractivity contribution in [3.8, 4) is 0 Å². The zero-order chi connectivity index (χ0) is 15.1. The number of benzene rings is 1. The fraction of sp³-hybridized carbons (Fsp3) is 0.312. The maximum absolute atomic E-state index is 12.8. The number of carbonyl (C=O) groups excluding carboxylic acids is 2. The van der Waals surface area contributed by atoms with Crippen molar-refractivity contribution in [2.75, 3.05) is 5.32 Å². The highest BCUT2D eigenvalue weighted by atomic mass is 16.2. The highest BCUT2D eigenvalue weighted by molar-refractivity contribution is 6.07. The topological polar surface area (TPSA) is 74.8 Å². The number of amides is 1. The Bertz CT molecular complexity index is 746. The molecule has 0 saturated carbocycles. The van der Waals surface area contributed by atoms with E-state index in [-0.39, 0.29) is 18.1 Å². The number of nitrogens with one attached hydrogen (secondary N) is 2. The van der Waals surface area contributed by atoms with Crippen molar-refractivity contribution in [2.45, 2.75) is 33.1 Å². The van der Waals surface area contributed by atoms with Crippen LogP contribution in [0.1, 0.15) is 45.1 Å². The third-order valence-corrected chi connectivity index (χ3v) is 4.10. The van der Waals surface area contributed by atoms with Crippen molar-refractivity contribution in [1.29, 1.82) is 0 Å². The summed E-state index contributed by atoms with van der Waals surface area (Å²) in [5, 5.41) is 9.60. The molecule has 1 atom stereocenters. The monoisotopic (exact) mass is 283 g/mol. The summed E-state index contributed by atoms with van der Waals surface area (Å²) in [6.45, 7) is 5.86. The molecule has 1 amide bonds. The second kappa shape index (κ2) is 4.84. The van der Waals surface area contributed by atoms with E-state index in [1.807, 2.05) is 39.0 Å². The van der Waals surface area contributed by atoms with Gasteiger partial charge in [-0.25, -0.2) is 0 Å². The minimum Gasteiger partial charge on any atom is -0.309 e. The maximum Gasteiger partial charge on any atom is 0.226 e. The van der Waals surface area contributed by atoms with Crippen LogP contribution in [0.25, 0.3) is 0 Å². The molecule has 108 valence electrons. The van der Waals surface area contributed by atoms with E-state index in [0.717, 1.165) is 22.4 Å². The smallest absolute Gasteiger partial charge is 0.226 e. The molecule has 0 aliphatic carbocycles. The summed E-state index contributed by atoms with van der Waals surface area (Å²) in [5.41, 5.74) is 4.49. The van der Waals surface area contributed by atoms with E-state index < -0.39 is 5.92 Å². The first-order chi connectivity index (χ1) is 9.97. The van der Waals surface area contributed by atoms with E-state index in [9.17, 15) is 9.59 Å². The Hall–Kier alpha value is -2.43. The lowest BCUT2D eigenvalue weighted by atomic mass is 9.85. The van der Waals surface area contributed by atoms with Gasteiger partial charge in [0.15, 0.2) is 11.6 Å². The highest BCUT2D eigenvalue weighted by Crippen LogP contribution is 2.35. The number of fused-ring (bicyclic) bond motifs is 1. The zero-order valence-corrected chi connectivity index (χ0v) is 12.3. The maximum atomic E-state index is 12.8. The lowest BCUT2D eigenvalue weighted by Gasteiger charge is -2.21. The molecular weight excluding hydrogens is 266 g/mol. The number of aromatic nitrogens is 2. The van der Waals surface area contributed by atoms with E-state index in [2.05, 4.69) is 15.5 Å². The predicted octanol–water partition coefficient (Wildman–Crippen LogP) is 2.64. The Morgan fingerprint density at radius 1 is 1.24 bits per heavy atom. The fourth-order valence-electron chi connectivity index (χ4n) is 2.75. The van der Waals surface area contributed by atoms with Gasteiger partial charge in [-0.2, -0.15) is 5.10 Å². The summed E-state index contributed by atoms with van der Waals surface area (Å²) >= 11 is 0. The molecule has 0 fully saturated rings. The average molecular weight is 283 g/mol. The molecular formula is C16H17N3O2. The van der Waals surface area contributed by atoms with Gasteiger partial charge in [-0.1, -0.05) is 12.1 Å². The third-order valence-electron chi connectivity index (χ3n) is 4.10. The molecule has 1 aliphatic heterocycles. The van der Waals surface area contributed by atoms with Crippen molar-refractivity contribution in [3.05, 3.63) is 46.1 Å². The van der Waals surface area contributed by atoms with Crippen molar-refractivity contribution >= 4 is 17.5 Å². The number of aromatic amines is 1. The van der Waals surface area contributed by atoms with Gasteiger partial charge in [0.25, 0.3) is 0 Å². The minimum absolute atomic E-state index is 0.0290. The summed E-state index contributed by atoms with van der Waals surface area (Å²) < 4.78 is 0. The molecule has 2 aromatic rings. The van der Waals surface area contributed by atoms with Crippen LogP contribution in [0, 0.1) is 20.8 Å². The standard InChI is InChI=1S/C16H17N3O2/c1-8-4-5-11(6-9(8)2)15(21)12-7-13(20)17-16-14(12)10(3)18-19-16/h4-6,12H,7H2,1-3H3,(H2,17,18,19,20). The molecule has 0 bridgehead atoms. The van der Waals surface area contributed by atoms with Crippen molar-refractivity contribution < 1.29 is 9.59 Å². The first kappa shape index (κ1) is 13.5. The predicted molar refractivity (Wildman–Crippen MR) is 79.6 cm³/mol. The number of nitrogens with zero attached hydrogens (tertiary/aromatic N) is 1. The molecule has 0 saturated heterocycles. The molecule has 1 aromatic heterocycles. The Morgan fingerprint density at radius 2 is 2.00 bits per heavy atom. The van der Waals surface area contributed by atoms with Gasteiger partial charge in [-0.05, 0) is 38.0 Å². The molecule has 1 unspecified atom stereocenters. The Morgan fingerprint density at radius 3 is 2.71 bits per heavy atom. The first-order valence-corrected chi connectivity index (χ1v) is 6.93.